The minimum absolute atomic E-state index is 0.159. The van der Waals surface area contributed by atoms with Gasteiger partial charge in [0, 0.05) is 17.2 Å². The molecule has 1 unspecified atom stereocenters. The van der Waals surface area contributed by atoms with Gasteiger partial charge < -0.3 is 5.32 Å². The van der Waals surface area contributed by atoms with Crippen LogP contribution >= 0.6 is 12.6 Å². The van der Waals surface area contributed by atoms with Crippen LogP contribution in [0.5, 0.6) is 0 Å². The molecule has 0 radical (unpaired) electrons. The first-order valence-electron chi connectivity index (χ1n) is 5.77. The molecule has 0 bridgehead atoms. The molecule has 3 rings (SSSR count). The Hall–Kier alpha value is -1.81. The molecule has 1 aliphatic heterocycles. The molecule has 2 aromatic carbocycles. The number of anilines is 1. The molecule has 0 fully saturated rings. The number of hydrogen-bond acceptors (Lipinski definition) is 3. The number of aliphatic imine (C=N–C) groups is 1. The summed E-state index contributed by atoms with van der Waals surface area (Å²) < 4.78 is 0. The van der Waals surface area contributed by atoms with Crippen LogP contribution in [0.15, 0.2) is 41.4 Å². The molecule has 0 amide bonds. The van der Waals surface area contributed by atoms with Gasteiger partial charge in [-0.3, -0.25) is 9.79 Å². The Balaban J connectivity index is 2.07. The largest absolute Gasteiger partial charge is 0.362 e. The van der Waals surface area contributed by atoms with Crippen molar-refractivity contribution < 1.29 is 4.79 Å². The third-order valence-electron chi connectivity index (χ3n) is 3.03. The van der Waals surface area contributed by atoms with Crippen molar-refractivity contribution in [3.8, 4) is 0 Å². The number of rotatable bonds is 2. The number of fused-ring (bicyclic) bond motifs is 3. The number of nitrogens with one attached hydrogen (secondary N) is 1. The van der Waals surface area contributed by atoms with E-state index in [1.54, 1.807) is 0 Å². The number of nitrogens with zero attached hydrogens (tertiary/aromatic N) is 1. The second kappa shape index (κ2) is 4.46. The number of thiol groups is 1. The lowest BCUT2D eigenvalue weighted by atomic mass is 10.0. The molecule has 0 saturated carbocycles. The Bertz CT molecular complexity index is 651. The zero-order valence-corrected chi connectivity index (χ0v) is 10.5. The minimum Gasteiger partial charge on any atom is -0.362 e. The number of hydrogen-bond donors (Lipinski definition) is 2. The molecule has 0 aliphatic carbocycles. The molecular weight excluding hydrogens is 244 g/mol. The van der Waals surface area contributed by atoms with Crippen LogP contribution in [-0.2, 0) is 4.79 Å². The van der Waals surface area contributed by atoms with Gasteiger partial charge in [-0.1, -0.05) is 36.4 Å². The fraction of sp³-hybridized carbons (Fsp3) is 0.143. The summed E-state index contributed by atoms with van der Waals surface area (Å²) >= 11 is 3.80. The molecule has 1 atom stereocenters. The third-order valence-corrected chi connectivity index (χ3v) is 3.22. The van der Waals surface area contributed by atoms with Gasteiger partial charge in [-0.25, -0.2) is 0 Å². The minimum atomic E-state index is -0.215. The summed E-state index contributed by atoms with van der Waals surface area (Å²) in [4.78, 5) is 15.3. The Kier molecular flexibility index (Phi) is 2.80. The fourth-order valence-electron chi connectivity index (χ4n) is 2.20. The van der Waals surface area contributed by atoms with E-state index in [1.807, 2.05) is 24.4 Å². The Morgan fingerprint density at radius 3 is 2.94 bits per heavy atom. The lowest BCUT2D eigenvalue weighted by Crippen LogP contribution is -2.23. The lowest BCUT2D eigenvalue weighted by molar-refractivity contribution is -0.110. The van der Waals surface area contributed by atoms with E-state index < -0.39 is 0 Å². The maximum absolute atomic E-state index is 11.0. The summed E-state index contributed by atoms with van der Waals surface area (Å²) in [5, 5.41) is 5.47. The predicted octanol–water partition coefficient (Wildman–Crippen LogP) is 2.86. The van der Waals surface area contributed by atoms with E-state index in [2.05, 4.69) is 41.1 Å². The van der Waals surface area contributed by atoms with Crippen LogP contribution in [0.4, 0.5) is 5.69 Å². The highest BCUT2D eigenvalue weighted by molar-refractivity contribution is 7.96. The standard InChI is InChI=1S/C14H12N2OS/c17-13(18)7-12-15-8-10-6-5-9-3-1-2-4-11(9)14(10)16-12/h1-6,8,12,16H,7H2,(H,17,18). The number of carbonyl (C=O) groups is 1. The monoisotopic (exact) mass is 256 g/mol. The van der Waals surface area contributed by atoms with E-state index in [-0.39, 0.29) is 11.3 Å². The SMILES string of the molecule is O=C(S)CC1N=Cc2ccc3ccccc3c2N1. The molecule has 3 nitrogen and oxygen atoms in total. The first-order valence-corrected chi connectivity index (χ1v) is 6.22. The topological polar surface area (TPSA) is 41.5 Å². The average molecular weight is 256 g/mol. The van der Waals surface area contributed by atoms with Crippen molar-refractivity contribution in [3.05, 3.63) is 42.0 Å². The van der Waals surface area contributed by atoms with E-state index in [4.69, 9.17) is 0 Å². The Labute approximate surface area is 110 Å². The van der Waals surface area contributed by atoms with Gasteiger partial charge in [-0.2, -0.15) is 0 Å². The summed E-state index contributed by atoms with van der Waals surface area (Å²) in [7, 11) is 0. The van der Waals surface area contributed by atoms with Crippen molar-refractivity contribution in [2.24, 2.45) is 4.99 Å². The van der Waals surface area contributed by atoms with E-state index in [0.717, 1.165) is 16.6 Å². The van der Waals surface area contributed by atoms with Crippen LogP contribution in [0.25, 0.3) is 10.8 Å². The molecule has 18 heavy (non-hydrogen) atoms. The summed E-state index contributed by atoms with van der Waals surface area (Å²) in [5.41, 5.74) is 2.10. The quantitative estimate of drug-likeness (QED) is 0.811. The predicted molar refractivity (Wildman–Crippen MR) is 77.6 cm³/mol. The van der Waals surface area contributed by atoms with Gasteiger partial charge >= 0.3 is 0 Å². The normalized spacial score (nSPS) is 17.3. The fourth-order valence-corrected chi connectivity index (χ4v) is 2.37. The summed E-state index contributed by atoms with van der Waals surface area (Å²) in [6.45, 7) is 0. The van der Waals surface area contributed by atoms with Crippen LogP contribution in [0, 0.1) is 0 Å². The van der Waals surface area contributed by atoms with Crippen molar-refractivity contribution in [2.45, 2.75) is 12.6 Å². The zero-order chi connectivity index (χ0) is 12.5. The second-order valence-electron chi connectivity index (χ2n) is 4.29. The lowest BCUT2D eigenvalue weighted by Gasteiger charge is -2.22. The first-order chi connectivity index (χ1) is 8.74. The zero-order valence-electron chi connectivity index (χ0n) is 9.63. The van der Waals surface area contributed by atoms with Crippen molar-refractivity contribution in [1.29, 1.82) is 0 Å². The van der Waals surface area contributed by atoms with Crippen molar-refractivity contribution >= 4 is 40.4 Å². The van der Waals surface area contributed by atoms with E-state index in [0.29, 0.717) is 6.42 Å². The molecule has 2 aromatic rings. The van der Waals surface area contributed by atoms with Gasteiger partial charge in [-0.05, 0) is 5.39 Å². The second-order valence-corrected chi connectivity index (χ2v) is 4.79. The van der Waals surface area contributed by atoms with E-state index in [9.17, 15) is 4.79 Å². The average Bonchev–Trinajstić information content (AvgIpc) is 2.38. The van der Waals surface area contributed by atoms with Gasteiger partial charge in [0.25, 0.3) is 0 Å². The molecule has 1 aliphatic rings. The molecule has 90 valence electrons. The van der Waals surface area contributed by atoms with E-state index >= 15 is 0 Å². The van der Waals surface area contributed by atoms with Crippen molar-refractivity contribution in [1.82, 2.24) is 0 Å². The van der Waals surface area contributed by atoms with Crippen LogP contribution in [0.1, 0.15) is 12.0 Å². The third kappa shape index (κ3) is 1.99. The molecule has 4 heteroatoms. The van der Waals surface area contributed by atoms with Crippen LogP contribution in [-0.4, -0.2) is 17.5 Å². The summed E-state index contributed by atoms with van der Waals surface area (Å²) in [6, 6.07) is 12.3. The summed E-state index contributed by atoms with van der Waals surface area (Å²) in [6.07, 6.45) is 1.90. The molecule has 1 heterocycles. The van der Waals surface area contributed by atoms with E-state index in [1.165, 1.54) is 5.39 Å². The Morgan fingerprint density at radius 2 is 2.11 bits per heavy atom. The maximum atomic E-state index is 11.0. The van der Waals surface area contributed by atoms with Crippen molar-refractivity contribution in [3.63, 3.8) is 0 Å². The Morgan fingerprint density at radius 1 is 1.28 bits per heavy atom. The van der Waals surface area contributed by atoms with Gasteiger partial charge in [0.1, 0.15) is 6.17 Å². The van der Waals surface area contributed by atoms with Crippen LogP contribution in [0.2, 0.25) is 0 Å². The van der Waals surface area contributed by atoms with Crippen LogP contribution < -0.4 is 5.32 Å². The molecule has 1 N–H and O–H groups in total. The highest BCUT2D eigenvalue weighted by Gasteiger charge is 2.17. The molecule has 0 spiro atoms. The van der Waals surface area contributed by atoms with Crippen LogP contribution in [0.3, 0.4) is 0 Å². The number of carbonyl (C=O) groups excluding carboxylic acids is 1. The molecular formula is C14H12N2OS. The van der Waals surface area contributed by atoms with Crippen molar-refractivity contribution in [2.75, 3.05) is 5.32 Å². The molecule has 0 saturated heterocycles. The smallest absolute Gasteiger partial charge is 0.189 e. The van der Waals surface area contributed by atoms with Gasteiger partial charge in [0.2, 0.25) is 0 Å². The number of benzene rings is 2. The maximum Gasteiger partial charge on any atom is 0.189 e. The van der Waals surface area contributed by atoms with Gasteiger partial charge in [0.15, 0.2) is 5.12 Å². The summed E-state index contributed by atoms with van der Waals surface area (Å²) in [5.74, 6) is 0. The highest BCUT2D eigenvalue weighted by atomic mass is 32.1. The molecule has 0 aromatic heterocycles. The first kappa shape index (κ1) is 11.3. The van der Waals surface area contributed by atoms with Gasteiger partial charge in [-0.15, -0.1) is 12.6 Å². The highest BCUT2D eigenvalue weighted by Crippen LogP contribution is 2.29. The van der Waals surface area contributed by atoms with Gasteiger partial charge in [0.05, 0.1) is 12.1 Å².